The van der Waals surface area contributed by atoms with E-state index in [1.54, 1.807) is 0 Å². The molecule has 2 aromatic rings. The SMILES string of the molecule is O=C(N[C@H]1CNCC[C@H]1O)c1[nH]c2ccccc2c1Cl. The van der Waals surface area contributed by atoms with Crippen LogP contribution in [-0.2, 0) is 0 Å². The Bertz CT molecular complexity index is 640. The van der Waals surface area contributed by atoms with Crippen LogP contribution < -0.4 is 10.6 Å². The molecule has 5 nitrogen and oxygen atoms in total. The number of rotatable bonds is 2. The summed E-state index contributed by atoms with van der Waals surface area (Å²) in [5.74, 6) is -0.293. The zero-order valence-electron chi connectivity index (χ0n) is 10.8. The van der Waals surface area contributed by atoms with E-state index in [0.29, 0.717) is 23.7 Å². The number of para-hydroxylation sites is 1. The Morgan fingerprint density at radius 3 is 2.95 bits per heavy atom. The number of amides is 1. The van der Waals surface area contributed by atoms with Gasteiger partial charge in [-0.3, -0.25) is 4.79 Å². The number of aromatic amines is 1. The Balaban J connectivity index is 1.83. The first-order valence-corrected chi connectivity index (χ1v) is 7.00. The highest BCUT2D eigenvalue weighted by atomic mass is 35.5. The minimum atomic E-state index is -0.525. The number of fused-ring (bicyclic) bond motifs is 1. The lowest BCUT2D eigenvalue weighted by molar-refractivity contribution is 0.0752. The van der Waals surface area contributed by atoms with E-state index < -0.39 is 6.10 Å². The molecule has 0 bridgehead atoms. The molecule has 2 heterocycles. The number of benzene rings is 1. The highest BCUT2D eigenvalue weighted by molar-refractivity contribution is 6.38. The number of H-pyrrole nitrogens is 1. The lowest BCUT2D eigenvalue weighted by Crippen LogP contribution is -2.53. The number of aromatic nitrogens is 1. The smallest absolute Gasteiger partial charge is 0.269 e. The molecule has 0 radical (unpaired) electrons. The van der Waals surface area contributed by atoms with Gasteiger partial charge in [0.15, 0.2) is 0 Å². The van der Waals surface area contributed by atoms with Gasteiger partial charge in [-0.25, -0.2) is 0 Å². The molecule has 1 aliphatic heterocycles. The minimum absolute atomic E-state index is 0.293. The van der Waals surface area contributed by atoms with Gasteiger partial charge in [0.1, 0.15) is 5.69 Å². The van der Waals surface area contributed by atoms with Crippen LogP contribution in [-0.4, -0.2) is 41.2 Å². The molecule has 4 N–H and O–H groups in total. The van der Waals surface area contributed by atoms with Crippen molar-refractivity contribution in [2.24, 2.45) is 0 Å². The van der Waals surface area contributed by atoms with Crippen molar-refractivity contribution in [3.63, 3.8) is 0 Å². The normalized spacial score (nSPS) is 22.9. The summed E-state index contributed by atoms with van der Waals surface area (Å²) in [6, 6.07) is 7.19. The molecule has 1 aliphatic rings. The molecule has 0 spiro atoms. The molecule has 3 rings (SSSR count). The summed E-state index contributed by atoms with van der Waals surface area (Å²) >= 11 is 6.24. The molecule has 6 heteroatoms. The van der Waals surface area contributed by atoms with Crippen molar-refractivity contribution in [1.82, 2.24) is 15.6 Å². The molecule has 20 heavy (non-hydrogen) atoms. The predicted molar refractivity (Wildman–Crippen MR) is 78.1 cm³/mol. The summed E-state index contributed by atoms with van der Waals surface area (Å²) in [6.45, 7) is 1.32. The van der Waals surface area contributed by atoms with Crippen molar-refractivity contribution < 1.29 is 9.90 Å². The molecule has 1 aromatic heterocycles. The molecule has 0 aliphatic carbocycles. The summed E-state index contributed by atoms with van der Waals surface area (Å²) in [7, 11) is 0. The van der Waals surface area contributed by atoms with Crippen LogP contribution in [0.3, 0.4) is 0 Å². The molecular formula is C14H16ClN3O2. The van der Waals surface area contributed by atoms with Gasteiger partial charge in [0, 0.05) is 17.4 Å². The molecule has 0 saturated carbocycles. The number of nitrogens with one attached hydrogen (secondary N) is 3. The van der Waals surface area contributed by atoms with Gasteiger partial charge < -0.3 is 20.7 Å². The minimum Gasteiger partial charge on any atom is -0.391 e. The Kier molecular flexibility index (Phi) is 3.65. The van der Waals surface area contributed by atoms with Crippen LogP contribution in [0.2, 0.25) is 5.02 Å². The fourth-order valence-corrected chi connectivity index (χ4v) is 2.79. The summed E-state index contributed by atoms with van der Waals surface area (Å²) in [4.78, 5) is 15.3. The monoisotopic (exact) mass is 293 g/mol. The number of aliphatic hydroxyl groups excluding tert-OH is 1. The van der Waals surface area contributed by atoms with Gasteiger partial charge in [0.2, 0.25) is 0 Å². The van der Waals surface area contributed by atoms with E-state index in [4.69, 9.17) is 11.6 Å². The van der Waals surface area contributed by atoms with Crippen LogP contribution in [0.25, 0.3) is 10.9 Å². The topological polar surface area (TPSA) is 77.2 Å². The first-order valence-electron chi connectivity index (χ1n) is 6.62. The second kappa shape index (κ2) is 5.44. The van der Waals surface area contributed by atoms with Crippen LogP contribution in [0.15, 0.2) is 24.3 Å². The van der Waals surface area contributed by atoms with Crippen LogP contribution in [0.4, 0.5) is 0 Å². The van der Waals surface area contributed by atoms with Crippen molar-refractivity contribution in [2.45, 2.75) is 18.6 Å². The second-order valence-corrected chi connectivity index (χ2v) is 5.38. The molecule has 1 fully saturated rings. The maximum atomic E-state index is 12.3. The highest BCUT2D eigenvalue weighted by Crippen LogP contribution is 2.27. The Hall–Kier alpha value is -1.56. The van der Waals surface area contributed by atoms with Crippen LogP contribution >= 0.6 is 11.6 Å². The van der Waals surface area contributed by atoms with E-state index in [1.165, 1.54) is 0 Å². The summed E-state index contributed by atoms with van der Waals surface area (Å²) in [5, 5.41) is 17.1. The van der Waals surface area contributed by atoms with Crippen LogP contribution in [0, 0.1) is 0 Å². The van der Waals surface area contributed by atoms with Crippen LogP contribution in [0.5, 0.6) is 0 Å². The van der Waals surface area contributed by atoms with Gasteiger partial charge in [-0.15, -0.1) is 0 Å². The van der Waals surface area contributed by atoms with E-state index in [-0.39, 0.29) is 11.9 Å². The number of aliphatic hydroxyl groups is 1. The number of piperidine rings is 1. The van der Waals surface area contributed by atoms with Crippen molar-refractivity contribution in [2.75, 3.05) is 13.1 Å². The first-order chi connectivity index (χ1) is 9.66. The van der Waals surface area contributed by atoms with Crippen molar-refractivity contribution in [3.05, 3.63) is 35.0 Å². The number of halogens is 1. The summed E-state index contributed by atoms with van der Waals surface area (Å²) in [5.41, 5.74) is 1.16. The Morgan fingerprint density at radius 1 is 1.40 bits per heavy atom. The standard InChI is InChI=1S/C14H16ClN3O2/c15-12-8-3-1-2-4-9(8)17-13(12)14(20)18-10-7-16-6-5-11(10)19/h1-4,10-11,16-17,19H,5-7H2,(H,18,20)/t10-,11+/m0/s1. The average molecular weight is 294 g/mol. The van der Waals surface area contributed by atoms with Crippen molar-refractivity contribution >= 4 is 28.4 Å². The third-order valence-corrected chi connectivity index (χ3v) is 4.02. The molecule has 2 atom stereocenters. The third-order valence-electron chi connectivity index (χ3n) is 3.63. The lowest BCUT2D eigenvalue weighted by atomic mass is 10.0. The van der Waals surface area contributed by atoms with Gasteiger partial charge in [0.05, 0.1) is 17.2 Å². The number of carbonyl (C=O) groups is 1. The van der Waals surface area contributed by atoms with Gasteiger partial charge >= 0.3 is 0 Å². The van der Waals surface area contributed by atoms with Crippen molar-refractivity contribution in [1.29, 1.82) is 0 Å². The fraction of sp³-hybridized carbons (Fsp3) is 0.357. The van der Waals surface area contributed by atoms with E-state index in [9.17, 15) is 9.90 Å². The third kappa shape index (κ3) is 2.40. The van der Waals surface area contributed by atoms with Crippen LogP contribution in [0.1, 0.15) is 16.9 Å². The molecule has 1 amide bonds. The number of hydrogen-bond acceptors (Lipinski definition) is 3. The van der Waals surface area contributed by atoms with Gasteiger partial charge in [0.25, 0.3) is 5.91 Å². The first kappa shape index (κ1) is 13.4. The van der Waals surface area contributed by atoms with E-state index in [1.807, 2.05) is 24.3 Å². The fourth-order valence-electron chi connectivity index (χ4n) is 2.50. The number of carbonyl (C=O) groups excluding carboxylic acids is 1. The van der Waals surface area contributed by atoms with Gasteiger partial charge in [-0.05, 0) is 19.0 Å². The zero-order chi connectivity index (χ0) is 14.1. The van der Waals surface area contributed by atoms with Gasteiger partial charge in [-0.1, -0.05) is 29.8 Å². The zero-order valence-corrected chi connectivity index (χ0v) is 11.6. The van der Waals surface area contributed by atoms with E-state index in [0.717, 1.165) is 17.4 Å². The summed E-state index contributed by atoms with van der Waals surface area (Å²) < 4.78 is 0. The Morgan fingerprint density at radius 2 is 2.20 bits per heavy atom. The van der Waals surface area contributed by atoms with E-state index >= 15 is 0 Å². The number of hydrogen-bond donors (Lipinski definition) is 4. The van der Waals surface area contributed by atoms with E-state index in [2.05, 4.69) is 15.6 Å². The van der Waals surface area contributed by atoms with Gasteiger partial charge in [-0.2, -0.15) is 0 Å². The maximum Gasteiger partial charge on any atom is 0.269 e. The quantitative estimate of drug-likeness (QED) is 0.673. The predicted octanol–water partition coefficient (Wildman–Crippen LogP) is 1.27. The highest BCUT2D eigenvalue weighted by Gasteiger charge is 2.26. The molecule has 1 aromatic carbocycles. The lowest BCUT2D eigenvalue weighted by Gasteiger charge is -2.28. The second-order valence-electron chi connectivity index (χ2n) is 5.00. The maximum absolute atomic E-state index is 12.3. The molecule has 0 unspecified atom stereocenters. The molecule has 1 saturated heterocycles. The largest absolute Gasteiger partial charge is 0.391 e. The Labute approximate surface area is 121 Å². The molecule has 106 valence electrons. The molecular weight excluding hydrogens is 278 g/mol. The van der Waals surface area contributed by atoms with Crippen molar-refractivity contribution in [3.8, 4) is 0 Å². The average Bonchev–Trinajstić information content (AvgIpc) is 2.79. The summed E-state index contributed by atoms with van der Waals surface area (Å²) in [6.07, 6.45) is 0.106.